The highest BCUT2D eigenvalue weighted by atomic mass is 32.2. The van der Waals surface area contributed by atoms with Gasteiger partial charge in [0.2, 0.25) is 15.9 Å². The van der Waals surface area contributed by atoms with E-state index in [1.54, 1.807) is 30.3 Å². The summed E-state index contributed by atoms with van der Waals surface area (Å²) in [6, 6.07) is 13.8. The first-order valence-corrected chi connectivity index (χ1v) is 10.3. The van der Waals surface area contributed by atoms with Gasteiger partial charge in [-0.3, -0.25) is 9.59 Å². The number of sulfonamides is 1. The van der Waals surface area contributed by atoms with Crippen LogP contribution in [0.2, 0.25) is 0 Å². The Morgan fingerprint density at radius 1 is 1.07 bits per heavy atom. The van der Waals surface area contributed by atoms with E-state index in [1.807, 2.05) is 0 Å². The topological polar surface area (TPSA) is 148 Å². The van der Waals surface area contributed by atoms with Crippen molar-refractivity contribution in [3.05, 3.63) is 54.6 Å². The molecule has 3 N–H and O–H groups in total. The van der Waals surface area contributed by atoms with Gasteiger partial charge in [-0.1, -0.05) is 18.2 Å². The van der Waals surface area contributed by atoms with E-state index in [1.165, 1.54) is 24.3 Å². The molecular formula is C19H18N4O6S. The van der Waals surface area contributed by atoms with Crippen LogP contribution in [0.25, 0.3) is 0 Å². The molecule has 0 aromatic heterocycles. The van der Waals surface area contributed by atoms with Gasteiger partial charge in [0, 0.05) is 18.5 Å². The molecular weight excluding hydrogens is 412 g/mol. The second-order valence-electron chi connectivity index (χ2n) is 6.28. The molecule has 3 rings (SSSR count). The van der Waals surface area contributed by atoms with Gasteiger partial charge in [-0.2, -0.15) is 5.10 Å². The highest BCUT2D eigenvalue weighted by Gasteiger charge is 2.26. The van der Waals surface area contributed by atoms with Crippen LogP contribution in [0.5, 0.6) is 0 Å². The molecule has 1 aliphatic heterocycles. The zero-order valence-electron chi connectivity index (χ0n) is 15.6. The molecule has 0 aliphatic carbocycles. The monoisotopic (exact) mass is 430 g/mol. The molecule has 0 saturated carbocycles. The summed E-state index contributed by atoms with van der Waals surface area (Å²) in [4.78, 5) is 36.2. The molecule has 0 atom stereocenters. The molecule has 0 spiro atoms. The lowest BCUT2D eigenvalue weighted by Crippen LogP contribution is -2.35. The van der Waals surface area contributed by atoms with Crippen molar-refractivity contribution in [2.24, 2.45) is 10.2 Å². The van der Waals surface area contributed by atoms with Crippen LogP contribution in [-0.2, 0) is 29.1 Å². The molecule has 0 bridgehead atoms. The van der Waals surface area contributed by atoms with Crippen molar-refractivity contribution in [3.63, 3.8) is 0 Å². The summed E-state index contributed by atoms with van der Waals surface area (Å²) in [6.07, 6.45) is 0.197. The third kappa shape index (κ3) is 5.27. The van der Waals surface area contributed by atoms with Crippen LogP contribution in [0.4, 0.5) is 11.4 Å². The van der Waals surface area contributed by atoms with Gasteiger partial charge in [0.25, 0.3) is 5.91 Å². The van der Waals surface area contributed by atoms with E-state index in [0.29, 0.717) is 11.4 Å². The van der Waals surface area contributed by atoms with E-state index in [2.05, 4.69) is 10.4 Å². The molecule has 1 heterocycles. The Labute approximate surface area is 172 Å². The Hall–Kier alpha value is -3.57. The lowest BCUT2D eigenvalue weighted by Gasteiger charge is -2.22. The number of carbonyl (C=O) groups excluding carboxylic acids is 3. The molecule has 0 fully saturated rings. The number of rotatable bonds is 6. The Kier molecular flexibility index (Phi) is 6.23. The maximum absolute atomic E-state index is 12.2. The predicted molar refractivity (Wildman–Crippen MR) is 108 cm³/mol. The predicted octanol–water partition coefficient (Wildman–Crippen LogP) is 0.999. The second-order valence-corrected chi connectivity index (χ2v) is 7.84. The zero-order chi connectivity index (χ0) is 21.7. The number of carbonyl (C=O) groups is 3. The van der Waals surface area contributed by atoms with Gasteiger partial charge in [0.05, 0.1) is 10.6 Å². The lowest BCUT2D eigenvalue weighted by atomic mass is 10.1. The number of nitrogens with two attached hydrogens (primary N) is 1. The van der Waals surface area contributed by atoms with E-state index < -0.39 is 28.5 Å². The maximum atomic E-state index is 12.2. The fourth-order valence-electron chi connectivity index (χ4n) is 2.61. The first-order chi connectivity index (χ1) is 14.2. The summed E-state index contributed by atoms with van der Waals surface area (Å²) in [5, 5.41) is 12.7. The first kappa shape index (κ1) is 21.1. The molecule has 2 aromatic carbocycles. The lowest BCUT2D eigenvalue weighted by molar-refractivity contribution is -0.140. The summed E-state index contributed by atoms with van der Waals surface area (Å²) in [5.41, 5.74) is 0.858. The maximum Gasteiger partial charge on any atom is 0.355 e. The average Bonchev–Trinajstić information content (AvgIpc) is 2.73. The van der Waals surface area contributed by atoms with E-state index in [4.69, 9.17) is 9.88 Å². The average molecular weight is 430 g/mol. The molecule has 0 unspecified atom stereocenters. The Morgan fingerprint density at radius 3 is 2.37 bits per heavy atom. The van der Waals surface area contributed by atoms with Crippen LogP contribution < -0.4 is 15.5 Å². The molecule has 2 amide bonds. The molecule has 0 radical (unpaired) electrons. The van der Waals surface area contributed by atoms with Crippen LogP contribution in [0.1, 0.15) is 12.8 Å². The third-order valence-corrected chi connectivity index (χ3v) is 5.00. The molecule has 30 heavy (non-hydrogen) atoms. The normalized spacial score (nSPS) is 14.1. The van der Waals surface area contributed by atoms with Gasteiger partial charge >= 0.3 is 5.97 Å². The largest absolute Gasteiger partial charge is 0.451 e. The number of amides is 2. The molecule has 11 heteroatoms. The van der Waals surface area contributed by atoms with Crippen LogP contribution in [-0.4, -0.2) is 38.5 Å². The summed E-state index contributed by atoms with van der Waals surface area (Å²) in [5.74, 6) is -1.68. The minimum atomic E-state index is -3.83. The highest BCUT2D eigenvalue weighted by Crippen LogP contribution is 2.20. The van der Waals surface area contributed by atoms with Crippen molar-refractivity contribution in [2.75, 3.05) is 16.9 Å². The van der Waals surface area contributed by atoms with Gasteiger partial charge in [-0.25, -0.2) is 23.4 Å². The number of hydrogen-bond donors (Lipinski definition) is 2. The van der Waals surface area contributed by atoms with E-state index in [0.717, 1.165) is 5.01 Å². The van der Waals surface area contributed by atoms with E-state index in [9.17, 15) is 22.8 Å². The number of nitrogens with one attached hydrogen (secondary N) is 1. The van der Waals surface area contributed by atoms with Crippen LogP contribution in [0.15, 0.2) is 64.6 Å². The van der Waals surface area contributed by atoms with Crippen molar-refractivity contribution in [1.82, 2.24) is 0 Å². The van der Waals surface area contributed by atoms with Gasteiger partial charge in [-0.05, 0) is 36.4 Å². The van der Waals surface area contributed by atoms with Crippen molar-refractivity contribution in [1.29, 1.82) is 0 Å². The molecule has 156 valence electrons. The van der Waals surface area contributed by atoms with Crippen molar-refractivity contribution in [2.45, 2.75) is 17.7 Å². The fourth-order valence-corrected chi connectivity index (χ4v) is 3.13. The fraction of sp³-hybridized carbons (Fsp3) is 0.158. The van der Waals surface area contributed by atoms with Gasteiger partial charge in [0.1, 0.15) is 5.71 Å². The Bertz CT molecular complexity index is 1100. The van der Waals surface area contributed by atoms with E-state index >= 15 is 0 Å². The Balaban J connectivity index is 1.58. The number of anilines is 2. The summed E-state index contributed by atoms with van der Waals surface area (Å²) < 4.78 is 27.4. The molecule has 2 aromatic rings. The minimum absolute atomic E-state index is 0.0313. The minimum Gasteiger partial charge on any atom is -0.451 e. The van der Waals surface area contributed by atoms with Crippen LogP contribution >= 0.6 is 0 Å². The first-order valence-electron chi connectivity index (χ1n) is 8.79. The zero-order valence-corrected chi connectivity index (χ0v) is 16.5. The molecule has 10 nitrogen and oxygen atoms in total. The smallest absolute Gasteiger partial charge is 0.355 e. The summed E-state index contributed by atoms with van der Waals surface area (Å²) >= 11 is 0. The SMILES string of the molecule is NS(=O)(=O)c1ccc(NC(=O)COC(=O)C2=NN(c3ccccc3)C(=O)CC2)cc1. The standard InChI is InChI=1S/C19H18N4O6S/c20-30(27,28)15-8-6-13(7-9-15)21-17(24)12-29-19(26)16-10-11-18(25)23(22-16)14-4-2-1-3-5-14/h1-9H,10-12H2,(H,21,24)(H2,20,27,28). The second kappa shape index (κ2) is 8.84. The molecule has 1 aliphatic rings. The van der Waals surface area contributed by atoms with Gasteiger partial charge in [-0.15, -0.1) is 0 Å². The Morgan fingerprint density at radius 2 is 1.73 bits per heavy atom. The van der Waals surface area contributed by atoms with Crippen LogP contribution in [0.3, 0.4) is 0 Å². The summed E-state index contributed by atoms with van der Waals surface area (Å²) in [6.45, 7) is -0.575. The number of hydrogen-bond acceptors (Lipinski definition) is 7. The molecule has 0 saturated heterocycles. The number of esters is 1. The number of hydrazone groups is 1. The van der Waals surface area contributed by atoms with Crippen molar-refractivity contribution < 1.29 is 27.5 Å². The number of primary sulfonamides is 1. The van der Waals surface area contributed by atoms with Gasteiger partial charge < -0.3 is 10.1 Å². The van der Waals surface area contributed by atoms with E-state index in [-0.39, 0.29) is 29.4 Å². The summed E-state index contributed by atoms with van der Waals surface area (Å²) in [7, 11) is -3.83. The highest BCUT2D eigenvalue weighted by molar-refractivity contribution is 7.89. The third-order valence-electron chi connectivity index (χ3n) is 4.07. The van der Waals surface area contributed by atoms with Gasteiger partial charge in [0.15, 0.2) is 6.61 Å². The van der Waals surface area contributed by atoms with Crippen molar-refractivity contribution >= 4 is 44.9 Å². The van der Waals surface area contributed by atoms with Crippen LogP contribution in [0, 0.1) is 0 Å². The quantitative estimate of drug-likeness (QED) is 0.653. The number of ether oxygens (including phenoxy) is 1. The number of para-hydroxylation sites is 1. The van der Waals surface area contributed by atoms with Crippen molar-refractivity contribution in [3.8, 4) is 0 Å². The number of benzene rings is 2. The number of nitrogens with zero attached hydrogens (tertiary/aromatic N) is 2.